The van der Waals surface area contributed by atoms with Crippen molar-refractivity contribution in [2.45, 2.75) is 37.4 Å². The van der Waals surface area contributed by atoms with Crippen molar-refractivity contribution in [2.24, 2.45) is 5.92 Å². The summed E-state index contributed by atoms with van der Waals surface area (Å²) in [5.74, 6) is 0.00804. The maximum atomic E-state index is 13.7. The molecule has 1 aliphatic rings. The quantitative estimate of drug-likeness (QED) is 0.392. The first-order chi connectivity index (χ1) is 18.6. The van der Waals surface area contributed by atoms with Crippen LogP contribution in [-0.2, 0) is 16.6 Å². The lowest BCUT2D eigenvalue weighted by atomic mass is 9.99. The van der Waals surface area contributed by atoms with E-state index in [4.69, 9.17) is 16.3 Å². The molecule has 2 N–H and O–H groups in total. The van der Waals surface area contributed by atoms with Gasteiger partial charge >= 0.3 is 0 Å². The smallest absolute Gasteiger partial charge is 0.261 e. The summed E-state index contributed by atoms with van der Waals surface area (Å²) in [6.07, 6.45) is -0.254. The highest BCUT2D eigenvalue weighted by Crippen LogP contribution is 2.31. The number of aliphatic hydroxyl groups excluding tert-OH is 1. The summed E-state index contributed by atoms with van der Waals surface area (Å²) >= 11 is 5.90. The van der Waals surface area contributed by atoms with E-state index in [0.717, 1.165) is 6.54 Å². The highest BCUT2D eigenvalue weighted by molar-refractivity contribution is 7.92. The Morgan fingerprint density at radius 1 is 1.13 bits per heavy atom. The van der Waals surface area contributed by atoms with Crippen molar-refractivity contribution in [3.63, 3.8) is 0 Å². The standard InChI is InChI=1S/C29H34ClN3O5S/c1-20-16-33(21(2)19-34)29(35)26-15-24(31-39(36,37)25-12-9-23(30)10-13-25)11-14-27(26)38-28(20)18-32(3)17-22-7-5-4-6-8-22/h4-15,20-21,28,31,34H,16-19H2,1-3H3/t20-,21-,28-/m1/s1. The molecule has 0 saturated heterocycles. The second-order valence-corrected chi connectivity index (χ2v) is 12.2. The molecule has 4 rings (SSSR count). The van der Waals surface area contributed by atoms with Gasteiger partial charge in [0.05, 0.1) is 23.1 Å². The van der Waals surface area contributed by atoms with Crippen LogP contribution in [0.2, 0.25) is 5.02 Å². The number of nitrogens with zero attached hydrogens (tertiary/aromatic N) is 2. The molecular weight excluding hydrogens is 538 g/mol. The summed E-state index contributed by atoms with van der Waals surface area (Å²) in [5, 5.41) is 10.3. The average molecular weight is 572 g/mol. The van der Waals surface area contributed by atoms with E-state index in [1.165, 1.54) is 35.9 Å². The minimum absolute atomic E-state index is 0.0302. The van der Waals surface area contributed by atoms with Gasteiger partial charge in [0.25, 0.3) is 15.9 Å². The SMILES string of the molecule is C[C@@H]1CN([C@H](C)CO)C(=O)c2cc(NS(=O)(=O)c3ccc(Cl)cc3)ccc2O[C@@H]1CN(C)Cc1ccccc1. The van der Waals surface area contributed by atoms with Gasteiger partial charge in [-0.2, -0.15) is 0 Å². The number of halogens is 1. The Labute approximate surface area is 235 Å². The number of hydrogen-bond donors (Lipinski definition) is 2. The fraction of sp³-hybridized carbons (Fsp3) is 0.345. The van der Waals surface area contributed by atoms with Crippen molar-refractivity contribution < 1.29 is 23.1 Å². The number of carbonyl (C=O) groups is 1. The first kappa shape index (κ1) is 28.9. The molecular formula is C29H34ClN3O5S. The first-order valence-corrected chi connectivity index (χ1v) is 14.7. The third kappa shape index (κ3) is 7.10. The van der Waals surface area contributed by atoms with Crippen LogP contribution in [0.25, 0.3) is 0 Å². The average Bonchev–Trinajstić information content (AvgIpc) is 2.91. The number of carbonyl (C=O) groups excluding carboxylic acids is 1. The predicted molar refractivity (Wildman–Crippen MR) is 153 cm³/mol. The van der Waals surface area contributed by atoms with E-state index in [1.54, 1.807) is 24.0 Å². The number of amides is 1. The fourth-order valence-electron chi connectivity index (χ4n) is 4.60. The Morgan fingerprint density at radius 3 is 2.49 bits per heavy atom. The first-order valence-electron chi connectivity index (χ1n) is 12.8. The van der Waals surface area contributed by atoms with Gasteiger partial charge in [-0.1, -0.05) is 48.9 Å². The number of likely N-dealkylation sites (N-methyl/N-ethyl adjacent to an activating group) is 1. The van der Waals surface area contributed by atoms with Crippen LogP contribution in [0.3, 0.4) is 0 Å². The van der Waals surface area contributed by atoms with Crippen LogP contribution in [0.15, 0.2) is 77.7 Å². The second kappa shape index (κ2) is 12.4. The van der Waals surface area contributed by atoms with Gasteiger partial charge in [-0.25, -0.2) is 8.42 Å². The zero-order valence-corrected chi connectivity index (χ0v) is 23.8. The largest absolute Gasteiger partial charge is 0.488 e. The van der Waals surface area contributed by atoms with E-state index in [2.05, 4.69) is 21.8 Å². The number of aliphatic hydroxyl groups is 1. The number of benzene rings is 3. The van der Waals surface area contributed by atoms with Crippen molar-refractivity contribution in [1.82, 2.24) is 9.80 Å². The number of rotatable bonds is 9. The summed E-state index contributed by atoms with van der Waals surface area (Å²) in [5.41, 5.74) is 1.64. The van der Waals surface area contributed by atoms with E-state index in [9.17, 15) is 18.3 Å². The normalized spacial score (nSPS) is 18.6. The summed E-state index contributed by atoms with van der Waals surface area (Å²) in [4.78, 5) is 17.5. The minimum Gasteiger partial charge on any atom is -0.488 e. The molecule has 39 heavy (non-hydrogen) atoms. The zero-order chi connectivity index (χ0) is 28.2. The van der Waals surface area contributed by atoms with Crippen LogP contribution in [-0.4, -0.2) is 68.1 Å². The zero-order valence-electron chi connectivity index (χ0n) is 22.2. The number of anilines is 1. The molecule has 0 bridgehead atoms. The Kier molecular flexibility index (Phi) is 9.17. The summed E-state index contributed by atoms with van der Waals surface area (Å²) < 4.78 is 34.9. The predicted octanol–water partition coefficient (Wildman–Crippen LogP) is 4.49. The van der Waals surface area contributed by atoms with Gasteiger partial charge in [0, 0.05) is 36.3 Å². The highest BCUT2D eigenvalue weighted by atomic mass is 35.5. The molecule has 0 saturated carbocycles. The molecule has 10 heteroatoms. The van der Waals surface area contributed by atoms with E-state index in [0.29, 0.717) is 23.9 Å². The number of hydrogen-bond acceptors (Lipinski definition) is 6. The van der Waals surface area contributed by atoms with Crippen LogP contribution in [0.4, 0.5) is 5.69 Å². The molecule has 3 aromatic carbocycles. The van der Waals surface area contributed by atoms with E-state index in [1.807, 2.05) is 32.2 Å². The van der Waals surface area contributed by atoms with Crippen molar-refractivity contribution >= 4 is 33.2 Å². The number of sulfonamides is 1. The molecule has 0 aliphatic carbocycles. The van der Waals surface area contributed by atoms with Crippen LogP contribution in [0, 0.1) is 5.92 Å². The van der Waals surface area contributed by atoms with Gasteiger partial charge in [0.2, 0.25) is 0 Å². The summed E-state index contributed by atoms with van der Waals surface area (Å²) in [6.45, 7) is 5.35. The van der Waals surface area contributed by atoms with Crippen molar-refractivity contribution in [3.8, 4) is 5.75 Å². The highest BCUT2D eigenvalue weighted by Gasteiger charge is 2.33. The second-order valence-electron chi connectivity index (χ2n) is 10.1. The Balaban J connectivity index is 1.63. The topological polar surface area (TPSA) is 99.2 Å². The molecule has 0 radical (unpaired) electrons. The van der Waals surface area contributed by atoms with Crippen molar-refractivity contribution in [3.05, 3.63) is 88.9 Å². The summed E-state index contributed by atoms with van der Waals surface area (Å²) in [7, 11) is -1.89. The summed E-state index contributed by atoms with van der Waals surface area (Å²) in [6, 6.07) is 20.2. The monoisotopic (exact) mass is 571 g/mol. The molecule has 3 atom stereocenters. The van der Waals surface area contributed by atoms with E-state index < -0.39 is 16.1 Å². The molecule has 1 amide bonds. The lowest BCUT2D eigenvalue weighted by Gasteiger charge is -2.38. The van der Waals surface area contributed by atoms with Gasteiger partial charge in [-0.3, -0.25) is 14.4 Å². The molecule has 0 aromatic heterocycles. The molecule has 0 fully saturated rings. The fourth-order valence-corrected chi connectivity index (χ4v) is 5.77. The van der Waals surface area contributed by atoms with Crippen LogP contribution >= 0.6 is 11.6 Å². The molecule has 208 valence electrons. The van der Waals surface area contributed by atoms with E-state index >= 15 is 0 Å². The molecule has 3 aromatic rings. The number of fused-ring (bicyclic) bond motifs is 1. The molecule has 1 heterocycles. The Bertz CT molecular complexity index is 1390. The van der Waals surface area contributed by atoms with Gasteiger partial charge in [0.1, 0.15) is 11.9 Å². The Morgan fingerprint density at radius 2 is 1.82 bits per heavy atom. The van der Waals surface area contributed by atoms with E-state index in [-0.39, 0.29) is 40.7 Å². The van der Waals surface area contributed by atoms with Gasteiger partial charge < -0.3 is 14.7 Å². The maximum Gasteiger partial charge on any atom is 0.261 e. The molecule has 8 nitrogen and oxygen atoms in total. The number of nitrogens with one attached hydrogen (secondary N) is 1. The van der Waals surface area contributed by atoms with Gasteiger partial charge in [-0.15, -0.1) is 0 Å². The van der Waals surface area contributed by atoms with Crippen LogP contribution < -0.4 is 9.46 Å². The van der Waals surface area contributed by atoms with Crippen LogP contribution in [0.5, 0.6) is 5.75 Å². The maximum absolute atomic E-state index is 13.7. The van der Waals surface area contributed by atoms with Gasteiger partial charge in [-0.05, 0) is 62.0 Å². The van der Waals surface area contributed by atoms with Crippen molar-refractivity contribution in [1.29, 1.82) is 0 Å². The van der Waals surface area contributed by atoms with Crippen LogP contribution in [0.1, 0.15) is 29.8 Å². The third-order valence-electron chi connectivity index (χ3n) is 6.83. The molecule has 0 unspecified atom stereocenters. The number of ether oxygens (including phenoxy) is 1. The van der Waals surface area contributed by atoms with Gasteiger partial charge in [0.15, 0.2) is 0 Å². The lowest BCUT2D eigenvalue weighted by Crippen LogP contribution is -2.49. The molecule has 0 spiro atoms. The third-order valence-corrected chi connectivity index (χ3v) is 8.48. The lowest BCUT2D eigenvalue weighted by molar-refractivity contribution is 0.0341. The van der Waals surface area contributed by atoms with Crippen molar-refractivity contribution in [2.75, 3.05) is 31.5 Å². The molecule has 1 aliphatic heterocycles. The Hall–Kier alpha value is -3.11. The minimum atomic E-state index is -3.91.